The third-order valence-corrected chi connectivity index (χ3v) is 5.38. The molecule has 2 aromatic rings. The summed E-state index contributed by atoms with van der Waals surface area (Å²) in [7, 11) is 1.43. The van der Waals surface area contributed by atoms with Crippen LogP contribution in [-0.4, -0.2) is 36.4 Å². The van der Waals surface area contributed by atoms with Crippen LogP contribution < -0.4 is 9.41 Å². The van der Waals surface area contributed by atoms with E-state index in [1.807, 2.05) is 24.7 Å². The van der Waals surface area contributed by atoms with Gasteiger partial charge in [-0.15, -0.1) is 0 Å². The molecule has 0 saturated heterocycles. The van der Waals surface area contributed by atoms with Gasteiger partial charge in [0.05, 0.1) is 19.3 Å². The number of carbonyl (C=O) groups excluding carboxylic acids is 1. The van der Waals surface area contributed by atoms with Gasteiger partial charge in [-0.1, -0.05) is 11.6 Å². The minimum Gasteiger partial charge on any atom is -0.496 e. The maximum Gasteiger partial charge on any atom is 0.411 e. The van der Waals surface area contributed by atoms with Crippen LogP contribution in [0.15, 0.2) is 29.4 Å². The van der Waals surface area contributed by atoms with Gasteiger partial charge in [0.25, 0.3) is 5.91 Å². The van der Waals surface area contributed by atoms with Crippen molar-refractivity contribution in [3.05, 3.63) is 45.2 Å². The number of amides is 1. The lowest BCUT2D eigenvalue weighted by atomic mass is 10.1. The Labute approximate surface area is 175 Å². The fraction of sp³-hybridized carbons (Fsp3) is 0.474. The number of methoxy groups -OCH3 is 1. The molecule has 0 aliphatic carbocycles. The Kier molecular flexibility index (Phi) is 7.53. The highest BCUT2D eigenvalue weighted by Crippen LogP contribution is 2.24. The second kappa shape index (κ2) is 9.32. The third-order valence-electron chi connectivity index (χ3n) is 3.77. The molecule has 1 aromatic heterocycles. The van der Waals surface area contributed by atoms with Crippen LogP contribution in [0.4, 0.5) is 13.2 Å². The van der Waals surface area contributed by atoms with Crippen molar-refractivity contribution in [2.45, 2.75) is 38.9 Å². The van der Waals surface area contributed by atoms with Crippen molar-refractivity contribution in [1.29, 1.82) is 0 Å². The van der Waals surface area contributed by atoms with E-state index in [1.165, 1.54) is 24.7 Å². The first kappa shape index (κ1) is 23.4. The van der Waals surface area contributed by atoms with Crippen molar-refractivity contribution in [3.8, 4) is 5.75 Å². The number of carbonyl (C=O) groups is 1. The SMILES string of the molecule is COc1ccc(Cl)cc1C(=O)/N=c1\sn(C(C)(C)C)cc1CCOCC(F)(F)F. The Bertz CT molecular complexity index is 930. The van der Waals surface area contributed by atoms with E-state index in [1.54, 1.807) is 18.3 Å². The zero-order chi connectivity index (χ0) is 21.8. The number of rotatable bonds is 6. The number of nitrogens with zero attached hydrogens (tertiary/aromatic N) is 2. The van der Waals surface area contributed by atoms with Gasteiger partial charge in [0.1, 0.15) is 17.0 Å². The molecule has 2 rings (SSSR count). The first-order valence-electron chi connectivity index (χ1n) is 8.70. The summed E-state index contributed by atoms with van der Waals surface area (Å²) in [6.07, 6.45) is -2.41. The molecule has 0 spiro atoms. The van der Waals surface area contributed by atoms with Crippen LogP contribution in [0.5, 0.6) is 5.75 Å². The Morgan fingerprint density at radius 3 is 2.55 bits per heavy atom. The van der Waals surface area contributed by atoms with Gasteiger partial charge in [0, 0.05) is 28.7 Å². The lowest BCUT2D eigenvalue weighted by Gasteiger charge is -2.19. The largest absolute Gasteiger partial charge is 0.496 e. The zero-order valence-electron chi connectivity index (χ0n) is 16.5. The number of aromatic nitrogens is 1. The van der Waals surface area contributed by atoms with Crippen LogP contribution in [0.2, 0.25) is 5.02 Å². The summed E-state index contributed by atoms with van der Waals surface area (Å²) in [5, 5.41) is 0.362. The molecule has 0 aliphatic heterocycles. The van der Waals surface area contributed by atoms with Crippen molar-refractivity contribution >= 4 is 29.0 Å². The van der Waals surface area contributed by atoms with E-state index < -0.39 is 18.7 Å². The molecule has 0 N–H and O–H groups in total. The number of alkyl halides is 3. The second-order valence-electron chi connectivity index (χ2n) is 7.23. The quantitative estimate of drug-likeness (QED) is 0.592. The van der Waals surface area contributed by atoms with Crippen LogP contribution in [0, 0.1) is 0 Å². The lowest BCUT2D eigenvalue weighted by molar-refractivity contribution is -0.173. The predicted molar refractivity (Wildman–Crippen MR) is 106 cm³/mol. The van der Waals surface area contributed by atoms with Gasteiger partial charge < -0.3 is 9.47 Å². The Balaban J connectivity index is 2.35. The number of ether oxygens (including phenoxy) is 2. The summed E-state index contributed by atoms with van der Waals surface area (Å²) in [5.41, 5.74) is 0.549. The van der Waals surface area contributed by atoms with Gasteiger partial charge in [-0.2, -0.15) is 18.2 Å². The van der Waals surface area contributed by atoms with E-state index in [4.69, 9.17) is 21.1 Å². The Morgan fingerprint density at radius 1 is 1.28 bits per heavy atom. The van der Waals surface area contributed by atoms with E-state index in [0.717, 1.165) is 0 Å². The summed E-state index contributed by atoms with van der Waals surface area (Å²) < 4.78 is 49.0. The summed E-state index contributed by atoms with van der Waals surface area (Å²) in [6, 6.07) is 4.63. The molecule has 0 atom stereocenters. The van der Waals surface area contributed by atoms with Crippen LogP contribution in [0.25, 0.3) is 0 Å². The van der Waals surface area contributed by atoms with Gasteiger partial charge in [0.2, 0.25) is 0 Å². The number of halogens is 4. The molecule has 10 heteroatoms. The van der Waals surface area contributed by atoms with Crippen molar-refractivity contribution in [3.63, 3.8) is 0 Å². The molecule has 0 aliphatic rings. The first-order chi connectivity index (χ1) is 13.4. The van der Waals surface area contributed by atoms with Crippen LogP contribution in [0.1, 0.15) is 36.7 Å². The molecule has 0 saturated carbocycles. The number of hydrogen-bond donors (Lipinski definition) is 0. The molecule has 1 heterocycles. The summed E-state index contributed by atoms with van der Waals surface area (Å²) in [5.74, 6) is -0.219. The van der Waals surface area contributed by atoms with Gasteiger partial charge in [-0.05, 0) is 50.5 Å². The van der Waals surface area contributed by atoms with Crippen molar-refractivity contribution in [2.75, 3.05) is 20.3 Å². The lowest BCUT2D eigenvalue weighted by Crippen LogP contribution is -2.19. The average Bonchev–Trinajstić information content (AvgIpc) is 3.01. The number of benzene rings is 1. The highest BCUT2D eigenvalue weighted by atomic mass is 35.5. The topological polar surface area (TPSA) is 52.8 Å². The van der Waals surface area contributed by atoms with Gasteiger partial charge in [0.15, 0.2) is 0 Å². The maximum absolute atomic E-state index is 12.7. The van der Waals surface area contributed by atoms with E-state index in [2.05, 4.69) is 4.99 Å². The van der Waals surface area contributed by atoms with Gasteiger partial charge >= 0.3 is 6.18 Å². The van der Waals surface area contributed by atoms with E-state index in [-0.39, 0.29) is 24.1 Å². The monoisotopic (exact) mass is 450 g/mol. The Morgan fingerprint density at radius 2 is 1.97 bits per heavy atom. The van der Waals surface area contributed by atoms with Crippen LogP contribution in [-0.2, 0) is 16.7 Å². The molecular formula is C19H22ClF3N2O3S. The van der Waals surface area contributed by atoms with Crippen molar-refractivity contribution < 1.29 is 27.4 Å². The number of hydrogen-bond acceptors (Lipinski definition) is 4. The van der Waals surface area contributed by atoms with Crippen LogP contribution in [0.3, 0.4) is 0 Å². The third kappa shape index (κ3) is 6.87. The first-order valence-corrected chi connectivity index (χ1v) is 9.85. The molecule has 0 bridgehead atoms. The molecule has 0 unspecified atom stereocenters. The summed E-state index contributed by atoms with van der Waals surface area (Å²) in [6.45, 7) is 4.45. The molecule has 5 nitrogen and oxygen atoms in total. The zero-order valence-corrected chi connectivity index (χ0v) is 18.0. The molecule has 0 fully saturated rings. The highest BCUT2D eigenvalue weighted by Gasteiger charge is 2.27. The molecule has 29 heavy (non-hydrogen) atoms. The second-order valence-corrected chi connectivity index (χ2v) is 8.63. The van der Waals surface area contributed by atoms with Crippen molar-refractivity contribution in [1.82, 2.24) is 3.96 Å². The van der Waals surface area contributed by atoms with E-state index in [9.17, 15) is 18.0 Å². The molecule has 1 aromatic carbocycles. The van der Waals surface area contributed by atoms with E-state index >= 15 is 0 Å². The predicted octanol–water partition coefficient (Wildman–Crippen LogP) is 4.83. The minimum atomic E-state index is -4.38. The fourth-order valence-corrected chi connectivity index (χ4v) is 3.55. The highest BCUT2D eigenvalue weighted by molar-refractivity contribution is 7.04. The fourth-order valence-electron chi connectivity index (χ4n) is 2.34. The molecule has 1 amide bonds. The summed E-state index contributed by atoms with van der Waals surface area (Å²) >= 11 is 7.23. The van der Waals surface area contributed by atoms with E-state index in [0.29, 0.717) is 21.0 Å². The summed E-state index contributed by atoms with van der Waals surface area (Å²) in [4.78, 5) is 16.9. The normalized spacial score (nSPS) is 13.0. The standard InChI is InChI=1S/C19H22ClF3N2O3S/c1-18(2,3)25-10-12(7-8-28-11-19(21,22)23)17(29-25)24-16(26)14-9-13(20)5-6-15(14)27-4/h5-6,9-10H,7-8,11H2,1-4H3/b24-17-. The molecule has 160 valence electrons. The van der Waals surface area contributed by atoms with Gasteiger partial charge in [-0.3, -0.25) is 8.75 Å². The Hall–Kier alpha value is -1.84. The van der Waals surface area contributed by atoms with Crippen molar-refractivity contribution in [2.24, 2.45) is 4.99 Å². The van der Waals surface area contributed by atoms with Gasteiger partial charge in [-0.25, -0.2) is 0 Å². The maximum atomic E-state index is 12.7. The molecular weight excluding hydrogens is 429 g/mol. The average molecular weight is 451 g/mol. The molecule has 0 radical (unpaired) electrons. The minimum absolute atomic E-state index is 0.141. The smallest absolute Gasteiger partial charge is 0.411 e. The van der Waals surface area contributed by atoms with Crippen LogP contribution >= 0.6 is 23.1 Å².